The number of aliphatic carboxylic acids is 1. The predicted molar refractivity (Wildman–Crippen MR) is 66.5 cm³/mol. The van der Waals surface area contributed by atoms with Crippen LogP contribution >= 0.6 is 11.8 Å². The van der Waals surface area contributed by atoms with Gasteiger partial charge in [0.2, 0.25) is 0 Å². The second-order valence-electron chi connectivity index (χ2n) is 3.22. The van der Waals surface area contributed by atoms with Gasteiger partial charge in [0, 0.05) is 25.2 Å². The number of thioether (sulfide) groups is 1. The first kappa shape index (κ1) is 15.9. The lowest BCUT2D eigenvalue weighted by molar-refractivity contribution is -0.698. The highest BCUT2D eigenvalue weighted by atomic mass is 32.2. The lowest BCUT2D eigenvalue weighted by atomic mass is 10.5. The van der Waals surface area contributed by atoms with Crippen molar-refractivity contribution in [2.24, 2.45) is 0 Å². The fraction of sp³-hybridized carbons (Fsp3) is 0.500. The fourth-order valence-corrected chi connectivity index (χ4v) is 1.34. The molecule has 1 aromatic heterocycles. The van der Waals surface area contributed by atoms with Gasteiger partial charge >= 0.3 is 0 Å². The van der Waals surface area contributed by atoms with Crippen LogP contribution in [0.5, 0.6) is 0 Å². The van der Waals surface area contributed by atoms with Crippen molar-refractivity contribution in [1.29, 1.82) is 0 Å². The SMILES string of the molecule is COCC[n+]1ccccc1.CSCCC(=O)[O-]. The average Bonchev–Trinajstić information content (AvgIpc) is 2.36. The number of carboxylic acid groups (broad SMARTS) is 1. The van der Waals surface area contributed by atoms with Crippen LogP contribution in [0.4, 0.5) is 0 Å². The number of methoxy groups -OCH3 is 1. The summed E-state index contributed by atoms with van der Waals surface area (Å²) in [6, 6.07) is 6.02. The van der Waals surface area contributed by atoms with Crippen molar-refractivity contribution >= 4 is 17.7 Å². The van der Waals surface area contributed by atoms with Crippen molar-refractivity contribution in [3.63, 3.8) is 0 Å². The number of hydrogen-bond donors (Lipinski definition) is 0. The average molecular weight is 257 g/mol. The standard InChI is InChI=1S/C8H12NO.C4H8O2S/c1-10-8-7-9-5-3-2-4-6-9;1-7-3-2-4(5)6/h2-6H,7-8H2,1H3;2-3H2,1H3,(H,5,6)/q+1;/p-1. The molecule has 17 heavy (non-hydrogen) atoms. The monoisotopic (exact) mass is 257 g/mol. The number of carbonyl (C=O) groups excluding carboxylic acids is 1. The van der Waals surface area contributed by atoms with Gasteiger partial charge in [-0.1, -0.05) is 6.07 Å². The molecular weight excluding hydrogens is 238 g/mol. The molecule has 0 saturated heterocycles. The van der Waals surface area contributed by atoms with Crippen LogP contribution in [0.2, 0.25) is 0 Å². The van der Waals surface area contributed by atoms with Crippen LogP contribution in [-0.4, -0.2) is 31.7 Å². The van der Waals surface area contributed by atoms with Gasteiger partial charge in [-0.3, -0.25) is 0 Å². The van der Waals surface area contributed by atoms with Gasteiger partial charge in [0.1, 0.15) is 6.61 Å². The van der Waals surface area contributed by atoms with Gasteiger partial charge in [-0.05, 0) is 18.4 Å². The number of carbonyl (C=O) groups is 1. The van der Waals surface area contributed by atoms with Gasteiger partial charge in [-0.25, -0.2) is 4.57 Å². The number of ether oxygens (including phenoxy) is 1. The molecule has 0 bridgehead atoms. The molecule has 0 unspecified atom stereocenters. The summed E-state index contributed by atoms with van der Waals surface area (Å²) in [6.45, 7) is 1.70. The van der Waals surface area contributed by atoms with Crippen LogP contribution in [0.3, 0.4) is 0 Å². The lowest BCUT2D eigenvalue weighted by Crippen LogP contribution is -2.34. The third-order valence-corrected chi connectivity index (χ3v) is 2.45. The maximum atomic E-state index is 9.63. The van der Waals surface area contributed by atoms with Gasteiger partial charge < -0.3 is 14.6 Å². The fourth-order valence-electron chi connectivity index (χ4n) is 0.965. The number of hydrogen-bond acceptors (Lipinski definition) is 4. The molecule has 0 saturated carbocycles. The van der Waals surface area contributed by atoms with E-state index in [0.717, 1.165) is 13.2 Å². The summed E-state index contributed by atoms with van der Waals surface area (Å²) in [7, 11) is 1.71. The molecule has 0 amide bonds. The summed E-state index contributed by atoms with van der Waals surface area (Å²) in [5.41, 5.74) is 0. The molecule has 0 radical (unpaired) electrons. The zero-order chi connectivity index (χ0) is 12.9. The largest absolute Gasteiger partial charge is 0.550 e. The molecule has 96 valence electrons. The molecular formula is C12H19NO3S. The molecule has 4 nitrogen and oxygen atoms in total. The molecule has 0 aromatic carbocycles. The van der Waals surface area contributed by atoms with Gasteiger partial charge in [0.25, 0.3) is 0 Å². The Morgan fingerprint density at radius 1 is 1.35 bits per heavy atom. The van der Waals surface area contributed by atoms with Crippen LogP contribution in [-0.2, 0) is 16.1 Å². The smallest absolute Gasteiger partial charge is 0.171 e. The Labute approximate surface area is 107 Å². The van der Waals surface area contributed by atoms with Gasteiger partial charge in [-0.2, -0.15) is 11.8 Å². The first-order chi connectivity index (χ1) is 8.20. The molecule has 5 heteroatoms. The van der Waals surface area contributed by atoms with E-state index in [9.17, 15) is 9.90 Å². The summed E-state index contributed by atoms with van der Waals surface area (Å²) in [4.78, 5) is 9.63. The number of nitrogens with zero attached hydrogens (tertiary/aromatic N) is 1. The van der Waals surface area contributed by atoms with Crippen molar-refractivity contribution in [1.82, 2.24) is 0 Å². The van der Waals surface area contributed by atoms with Crippen molar-refractivity contribution in [2.75, 3.05) is 25.7 Å². The Morgan fingerprint density at radius 3 is 2.41 bits per heavy atom. The van der Waals surface area contributed by atoms with E-state index in [1.54, 1.807) is 7.11 Å². The van der Waals surface area contributed by atoms with E-state index >= 15 is 0 Å². The van der Waals surface area contributed by atoms with Crippen LogP contribution in [0.15, 0.2) is 30.6 Å². The minimum atomic E-state index is -0.964. The van der Waals surface area contributed by atoms with Crippen molar-refractivity contribution in [3.05, 3.63) is 30.6 Å². The minimum Gasteiger partial charge on any atom is -0.550 e. The number of carboxylic acids is 1. The molecule has 1 rings (SSSR count). The predicted octanol–water partition coefficient (Wildman–Crippen LogP) is 0.110. The first-order valence-electron chi connectivity index (χ1n) is 5.32. The summed E-state index contributed by atoms with van der Waals surface area (Å²) >= 11 is 1.51. The van der Waals surface area contributed by atoms with Gasteiger partial charge in [0.15, 0.2) is 18.9 Å². The maximum Gasteiger partial charge on any atom is 0.171 e. The highest BCUT2D eigenvalue weighted by molar-refractivity contribution is 7.98. The quantitative estimate of drug-likeness (QED) is 0.679. The van der Waals surface area contributed by atoms with Crippen LogP contribution in [0.1, 0.15) is 6.42 Å². The number of aromatic nitrogens is 1. The summed E-state index contributed by atoms with van der Waals surface area (Å²) < 4.78 is 7.01. The van der Waals surface area contributed by atoms with E-state index in [1.807, 2.05) is 36.8 Å². The molecule has 0 fully saturated rings. The normalized spacial score (nSPS) is 9.29. The molecule has 1 heterocycles. The van der Waals surface area contributed by atoms with E-state index in [-0.39, 0.29) is 6.42 Å². The van der Waals surface area contributed by atoms with Crippen molar-refractivity contribution in [2.45, 2.75) is 13.0 Å². The van der Waals surface area contributed by atoms with Crippen molar-refractivity contribution < 1.29 is 19.2 Å². The van der Waals surface area contributed by atoms with E-state index in [2.05, 4.69) is 4.57 Å². The molecule has 1 aromatic rings. The maximum absolute atomic E-state index is 9.63. The highest BCUT2D eigenvalue weighted by Gasteiger charge is 1.93. The third kappa shape index (κ3) is 11.2. The highest BCUT2D eigenvalue weighted by Crippen LogP contribution is 1.92. The molecule has 0 atom stereocenters. The summed E-state index contributed by atoms with van der Waals surface area (Å²) in [5, 5.41) is 9.63. The van der Waals surface area contributed by atoms with E-state index in [1.165, 1.54) is 11.8 Å². The van der Waals surface area contributed by atoms with Crippen molar-refractivity contribution in [3.8, 4) is 0 Å². The Balaban J connectivity index is 0.000000325. The molecule has 0 aliphatic rings. The molecule has 0 aliphatic carbocycles. The van der Waals surface area contributed by atoms with Gasteiger partial charge in [-0.15, -0.1) is 0 Å². The summed E-state index contributed by atoms with van der Waals surface area (Å²) in [5.74, 6) is -0.308. The Kier molecular flexibility index (Phi) is 10.7. The second kappa shape index (κ2) is 11.4. The summed E-state index contributed by atoms with van der Waals surface area (Å²) in [6.07, 6.45) is 6.09. The Hall–Kier alpha value is -1.07. The van der Waals surface area contributed by atoms with E-state index < -0.39 is 5.97 Å². The van der Waals surface area contributed by atoms with E-state index in [0.29, 0.717) is 5.75 Å². The number of pyridine rings is 1. The van der Waals surface area contributed by atoms with Gasteiger partial charge in [0.05, 0.1) is 0 Å². The molecule has 0 N–H and O–H groups in total. The minimum absolute atomic E-state index is 0.168. The van der Waals surface area contributed by atoms with E-state index in [4.69, 9.17) is 4.74 Å². The zero-order valence-electron chi connectivity index (χ0n) is 10.3. The lowest BCUT2D eigenvalue weighted by Gasteiger charge is -1.95. The molecule has 0 aliphatic heterocycles. The molecule has 0 spiro atoms. The topological polar surface area (TPSA) is 53.2 Å². The van der Waals surface area contributed by atoms with Crippen LogP contribution < -0.4 is 9.67 Å². The third-order valence-electron chi connectivity index (χ3n) is 1.84. The first-order valence-corrected chi connectivity index (χ1v) is 6.72. The zero-order valence-corrected chi connectivity index (χ0v) is 11.1. The number of rotatable bonds is 6. The Morgan fingerprint density at radius 2 is 2.00 bits per heavy atom. The van der Waals surface area contributed by atoms with Crippen LogP contribution in [0, 0.1) is 0 Å². The second-order valence-corrected chi connectivity index (χ2v) is 4.21. The van der Waals surface area contributed by atoms with Crippen LogP contribution in [0.25, 0.3) is 0 Å². The Bertz CT molecular complexity index is 293.